The maximum absolute atomic E-state index is 9.44. The van der Waals surface area contributed by atoms with Crippen LogP contribution in [-0.2, 0) is 14.4 Å². The molecule has 0 unspecified atom stereocenters. The molecule has 0 saturated heterocycles. The van der Waals surface area contributed by atoms with Crippen LogP contribution in [0.4, 0.5) is 0 Å². The van der Waals surface area contributed by atoms with Crippen LogP contribution < -0.4 is 0 Å². The third-order valence-corrected chi connectivity index (χ3v) is 0. The lowest BCUT2D eigenvalue weighted by atomic mass is 10.6. The molecule has 0 aromatic carbocycles. The van der Waals surface area contributed by atoms with Crippen molar-refractivity contribution < 1.29 is 24.6 Å². The Morgan fingerprint density at radius 1 is 0.611 bits per heavy atom. The predicted octanol–water partition coefficient (Wildman–Crippen LogP) is 1.78. The molecule has 0 rings (SSSR count). The standard InChI is InChI=1S/3C3H6O.2C2H6O/c3*1-3(2)4;2*1-2-3/h3*1-2H3;2*3H,2H2,1H3. The van der Waals surface area contributed by atoms with Crippen LogP contribution in [0.1, 0.15) is 55.4 Å². The highest BCUT2D eigenvalue weighted by Crippen LogP contribution is 1.51. The van der Waals surface area contributed by atoms with Crippen LogP contribution in [0.3, 0.4) is 0 Å². The quantitative estimate of drug-likeness (QED) is 0.697. The first-order chi connectivity index (χ1) is 8.02. The van der Waals surface area contributed by atoms with Crippen molar-refractivity contribution in [3.05, 3.63) is 0 Å². The Labute approximate surface area is 111 Å². The Kier molecular flexibility index (Phi) is 60.4. The average molecular weight is 266 g/mol. The van der Waals surface area contributed by atoms with Crippen molar-refractivity contribution in [1.29, 1.82) is 0 Å². The zero-order chi connectivity index (χ0) is 16.1. The van der Waals surface area contributed by atoms with Gasteiger partial charge in [0.15, 0.2) is 0 Å². The molecule has 0 heterocycles. The number of rotatable bonds is 0. The normalized spacial score (nSPS) is 6.33. The van der Waals surface area contributed by atoms with Gasteiger partial charge in [-0.1, -0.05) is 0 Å². The third kappa shape index (κ3) is 2530. The van der Waals surface area contributed by atoms with E-state index in [9.17, 15) is 14.4 Å². The van der Waals surface area contributed by atoms with Gasteiger partial charge >= 0.3 is 0 Å². The Morgan fingerprint density at radius 3 is 0.611 bits per heavy atom. The maximum Gasteiger partial charge on any atom is 0.126 e. The van der Waals surface area contributed by atoms with E-state index < -0.39 is 0 Å². The number of Topliss-reactive ketones (excluding diaryl/α,β-unsaturated/α-hetero) is 3. The predicted molar refractivity (Wildman–Crippen MR) is 74.6 cm³/mol. The van der Waals surface area contributed by atoms with Gasteiger partial charge in [0.2, 0.25) is 0 Å². The first-order valence-electron chi connectivity index (χ1n) is 5.66. The van der Waals surface area contributed by atoms with Gasteiger partial charge in [0, 0.05) is 13.2 Å². The molecular weight excluding hydrogens is 236 g/mol. The summed E-state index contributed by atoms with van der Waals surface area (Å²) in [6.45, 7) is 13.0. The van der Waals surface area contributed by atoms with E-state index in [0.717, 1.165) is 0 Å². The van der Waals surface area contributed by atoms with Crippen molar-refractivity contribution >= 4 is 17.3 Å². The van der Waals surface area contributed by atoms with Crippen molar-refractivity contribution in [2.24, 2.45) is 0 Å². The lowest BCUT2D eigenvalue weighted by molar-refractivity contribution is -0.115. The summed E-state index contributed by atoms with van der Waals surface area (Å²) >= 11 is 0. The van der Waals surface area contributed by atoms with Crippen molar-refractivity contribution in [3.63, 3.8) is 0 Å². The molecule has 0 saturated carbocycles. The van der Waals surface area contributed by atoms with Gasteiger partial charge in [0.05, 0.1) is 0 Å². The highest BCUT2D eigenvalue weighted by molar-refractivity contribution is 5.72. The largest absolute Gasteiger partial charge is 0.397 e. The fourth-order valence-corrected chi connectivity index (χ4v) is 0. The number of carbonyl (C=O) groups is 3. The first-order valence-corrected chi connectivity index (χ1v) is 5.66. The van der Waals surface area contributed by atoms with Gasteiger partial charge in [-0.25, -0.2) is 0 Å². The fourth-order valence-electron chi connectivity index (χ4n) is 0. The Hall–Kier alpha value is -1.07. The molecule has 0 aromatic rings. The molecule has 0 aliphatic carbocycles. The molecule has 112 valence electrons. The molecule has 18 heavy (non-hydrogen) atoms. The van der Waals surface area contributed by atoms with Gasteiger partial charge in [-0.05, 0) is 55.4 Å². The number of hydrogen-bond donors (Lipinski definition) is 2. The van der Waals surface area contributed by atoms with Crippen LogP contribution in [0.2, 0.25) is 0 Å². The molecule has 0 atom stereocenters. The Bertz CT molecular complexity index is 134. The molecule has 0 bridgehead atoms. The zero-order valence-electron chi connectivity index (χ0n) is 13.0. The van der Waals surface area contributed by atoms with E-state index in [1.165, 1.54) is 41.5 Å². The van der Waals surface area contributed by atoms with Gasteiger partial charge in [-0.15, -0.1) is 0 Å². The fraction of sp³-hybridized carbons (Fsp3) is 0.769. The van der Waals surface area contributed by atoms with E-state index in [-0.39, 0.29) is 30.6 Å². The van der Waals surface area contributed by atoms with Crippen molar-refractivity contribution in [2.45, 2.75) is 55.4 Å². The third-order valence-electron chi connectivity index (χ3n) is 0. The minimum Gasteiger partial charge on any atom is -0.397 e. The minimum absolute atomic E-state index is 0.167. The Balaban J connectivity index is -0.0000000394. The van der Waals surface area contributed by atoms with E-state index in [1.54, 1.807) is 13.8 Å². The number of carbonyl (C=O) groups excluding carboxylic acids is 3. The van der Waals surface area contributed by atoms with Gasteiger partial charge in [-0.3, -0.25) is 0 Å². The summed E-state index contributed by atoms with van der Waals surface area (Å²) < 4.78 is 0. The van der Waals surface area contributed by atoms with Crippen LogP contribution >= 0.6 is 0 Å². The maximum atomic E-state index is 9.44. The topological polar surface area (TPSA) is 91.7 Å². The van der Waals surface area contributed by atoms with Crippen LogP contribution in [0.15, 0.2) is 0 Å². The number of aliphatic hydroxyl groups excluding tert-OH is 2. The SMILES string of the molecule is CC(C)=O.CC(C)=O.CC(C)=O.CCO.CCO. The molecule has 2 N–H and O–H groups in total. The van der Waals surface area contributed by atoms with Crippen molar-refractivity contribution in [3.8, 4) is 0 Å². The summed E-state index contributed by atoms with van der Waals surface area (Å²) in [5.41, 5.74) is 0. The van der Waals surface area contributed by atoms with Crippen LogP contribution in [-0.4, -0.2) is 40.8 Å². The molecule has 5 nitrogen and oxygen atoms in total. The second kappa shape index (κ2) is 36.0. The molecule has 0 amide bonds. The molecular formula is C13H30O5. The highest BCUT2D eigenvalue weighted by atomic mass is 16.3. The highest BCUT2D eigenvalue weighted by Gasteiger charge is 1.63. The molecule has 0 aliphatic heterocycles. The van der Waals surface area contributed by atoms with Crippen molar-refractivity contribution in [2.75, 3.05) is 13.2 Å². The van der Waals surface area contributed by atoms with Gasteiger partial charge < -0.3 is 24.6 Å². The van der Waals surface area contributed by atoms with Crippen LogP contribution in [0.25, 0.3) is 0 Å². The lowest BCUT2D eigenvalue weighted by Crippen LogP contribution is -1.69. The van der Waals surface area contributed by atoms with E-state index in [1.807, 2.05) is 0 Å². The summed E-state index contributed by atoms with van der Waals surface area (Å²) in [6.07, 6.45) is 0. The molecule has 0 spiro atoms. The smallest absolute Gasteiger partial charge is 0.126 e. The molecule has 0 fully saturated rings. The van der Waals surface area contributed by atoms with Gasteiger partial charge in [-0.2, -0.15) is 0 Å². The average Bonchev–Trinajstić information content (AvgIpc) is 2.00. The summed E-state index contributed by atoms with van der Waals surface area (Å²) in [4.78, 5) is 28.3. The van der Waals surface area contributed by atoms with E-state index in [0.29, 0.717) is 0 Å². The lowest BCUT2D eigenvalue weighted by Gasteiger charge is -1.56. The Morgan fingerprint density at radius 2 is 0.611 bits per heavy atom. The summed E-state index contributed by atoms with van der Waals surface area (Å²) in [7, 11) is 0. The van der Waals surface area contributed by atoms with Crippen molar-refractivity contribution in [1.82, 2.24) is 0 Å². The molecule has 0 aromatic heterocycles. The summed E-state index contributed by atoms with van der Waals surface area (Å²) in [5, 5.41) is 15.1. The van der Waals surface area contributed by atoms with E-state index in [2.05, 4.69) is 0 Å². The van der Waals surface area contributed by atoms with Gasteiger partial charge in [0.25, 0.3) is 0 Å². The second-order valence-electron chi connectivity index (χ2n) is 3.36. The summed E-state index contributed by atoms with van der Waals surface area (Å²) in [5.74, 6) is 0.500. The monoisotopic (exact) mass is 266 g/mol. The van der Waals surface area contributed by atoms with Crippen LogP contribution in [0.5, 0.6) is 0 Å². The van der Waals surface area contributed by atoms with Gasteiger partial charge in [0.1, 0.15) is 17.3 Å². The van der Waals surface area contributed by atoms with E-state index in [4.69, 9.17) is 10.2 Å². The first kappa shape index (κ1) is 30.2. The number of aliphatic hydroxyl groups is 2. The second-order valence-corrected chi connectivity index (χ2v) is 3.36. The minimum atomic E-state index is 0.167. The van der Waals surface area contributed by atoms with Crippen LogP contribution in [0, 0.1) is 0 Å². The molecule has 0 radical (unpaired) electrons. The number of ketones is 3. The number of hydrogen-bond acceptors (Lipinski definition) is 5. The van der Waals surface area contributed by atoms with E-state index >= 15 is 0 Å². The zero-order valence-corrected chi connectivity index (χ0v) is 13.0. The summed E-state index contributed by atoms with van der Waals surface area (Å²) in [6, 6.07) is 0. The molecule has 5 heteroatoms. The molecule has 0 aliphatic rings.